The minimum atomic E-state index is 0.723. The van der Waals surface area contributed by atoms with Crippen molar-refractivity contribution < 1.29 is 0 Å². The van der Waals surface area contributed by atoms with Crippen molar-refractivity contribution in [2.45, 2.75) is 20.8 Å². The summed E-state index contributed by atoms with van der Waals surface area (Å²) >= 11 is 0. The van der Waals surface area contributed by atoms with Gasteiger partial charge in [0.05, 0.1) is 11.6 Å². The Hall–Kier alpha value is -2.27. The Balaban J connectivity index is 2.29. The van der Waals surface area contributed by atoms with Crippen LogP contribution in [0.3, 0.4) is 0 Å². The molecule has 2 rings (SSSR count). The zero-order chi connectivity index (χ0) is 13.1. The summed E-state index contributed by atoms with van der Waals surface area (Å²) in [4.78, 5) is 0. The SMILES string of the molecule is Cc1cc(C)cc(Nc2ccc(C#N)c(C)c2)c1. The molecule has 0 aromatic heterocycles. The molecule has 0 radical (unpaired) electrons. The molecule has 2 heteroatoms. The maximum absolute atomic E-state index is 8.90. The normalized spacial score (nSPS) is 9.89. The minimum absolute atomic E-state index is 0.723. The van der Waals surface area contributed by atoms with Crippen molar-refractivity contribution in [1.29, 1.82) is 5.26 Å². The maximum atomic E-state index is 8.90. The number of hydrogen-bond donors (Lipinski definition) is 1. The molecular weight excluding hydrogens is 220 g/mol. The quantitative estimate of drug-likeness (QED) is 0.847. The molecule has 0 saturated carbocycles. The second-order valence-electron chi connectivity index (χ2n) is 4.64. The summed E-state index contributed by atoms with van der Waals surface area (Å²) in [5.41, 5.74) is 6.28. The Morgan fingerprint density at radius 1 is 0.889 bits per heavy atom. The van der Waals surface area contributed by atoms with E-state index >= 15 is 0 Å². The molecule has 1 N–H and O–H groups in total. The van der Waals surface area contributed by atoms with Gasteiger partial charge in [-0.05, 0) is 67.8 Å². The number of aryl methyl sites for hydroxylation is 3. The van der Waals surface area contributed by atoms with Gasteiger partial charge in [-0.2, -0.15) is 5.26 Å². The van der Waals surface area contributed by atoms with Crippen LogP contribution in [0.15, 0.2) is 36.4 Å². The lowest BCUT2D eigenvalue weighted by atomic mass is 10.1. The Kier molecular flexibility index (Phi) is 3.34. The van der Waals surface area contributed by atoms with Crippen LogP contribution >= 0.6 is 0 Å². The van der Waals surface area contributed by atoms with E-state index in [-0.39, 0.29) is 0 Å². The van der Waals surface area contributed by atoms with Gasteiger partial charge in [0.2, 0.25) is 0 Å². The number of nitrogens with one attached hydrogen (secondary N) is 1. The highest BCUT2D eigenvalue weighted by Gasteiger charge is 2.00. The third-order valence-corrected chi connectivity index (χ3v) is 2.86. The topological polar surface area (TPSA) is 35.8 Å². The molecular formula is C16H16N2. The van der Waals surface area contributed by atoms with E-state index < -0.39 is 0 Å². The van der Waals surface area contributed by atoms with E-state index in [1.54, 1.807) is 0 Å². The number of rotatable bonds is 2. The molecule has 0 saturated heterocycles. The lowest BCUT2D eigenvalue weighted by Gasteiger charge is -2.10. The van der Waals surface area contributed by atoms with Gasteiger partial charge in [-0.15, -0.1) is 0 Å². The van der Waals surface area contributed by atoms with Crippen molar-refractivity contribution in [2.75, 3.05) is 5.32 Å². The predicted molar refractivity (Wildman–Crippen MR) is 75.1 cm³/mol. The lowest BCUT2D eigenvalue weighted by molar-refractivity contribution is 1.36. The fourth-order valence-corrected chi connectivity index (χ4v) is 2.08. The van der Waals surface area contributed by atoms with Crippen molar-refractivity contribution in [3.05, 3.63) is 58.7 Å². The molecule has 0 aliphatic rings. The number of hydrogen-bond acceptors (Lipinski definition) is 2. The summed E-state index contributed by atoms with van der Waals surface area (Å²) in [6.07, 6.45) is 0. The lowest BCUT2D eigenvalue weighted by Crippen LogP contribution is -1.93. The van der Waals surface area contributed by atoms with Crippen molar-refractivity contribution in [2.24, 2.45) is 0 Å². The van der Waals surface area contributed by atoms with Crippen molar-refractivity contribution in [1.82, 2.24) is 0 Å². The van der Waals surface area contributed by atoms with Crippen LogP contribution < -0.4 is 5.32 Å². The van der Waals surface area contributed by atoms with E-state index in [2.05, 4.69) is 43.4 Å². The van der Waals surface area contributed by atoms with Crippen LogP contribution in [-0.2, 0) is 0 Å². The average molecular weight is 236 g/mol. The van der Waals surface area contributed by atoms with Crippen LogP contribution in [0.4, 0.5) is 11.4 Å². The summed E-state index contributed by atoms with van der Waals surface area (Å²) in [7, 11) is 0. The smallest absolute Gasteiger partial charge is 0.0994 e. The first-order valence-corrected chi connectivity index (χ1v) is 5.94. The Morgan fingerprint density at radius 2 is 1.56 bits per heavy atom. The van der Waals surface area contributed by atoms with E-state index in [9.17, 15) is 0 Å². The van der Waals surface area contributed by atoms with Crippen molar-refractivity contribution >= 4 is 11.4 Å². The highest BCUT2D eigenvalue weighted by Crippen LogP contribution is 2.21. The van der Waals surface area contributed by atoms with Gasteiger partial charge in [0, 0.05) is 11.4 Å². The maximum Gasteiger partial charge on any atom is 0.0994 e. The zero-order valence-corrected chi connectivity index (χ0v) is 10.9. The third-order valence-electron chi connectivity index (χ3n) is 2.86. The molecule has 0 spiro atoms. The first-order valence-electron chi connectivity index (χ1n) is 5.94. The largest absolute Gasteiger partial charge is 0.356 e. The molecule has 2 aromatic rings. The van der Waals surface area contributed by atoms with E-state index in [1.165, 1.54) is 11.1 Å². The summed E-state index contributed by atoms with van der Waals surface area (Å²) in [6.45, 7) is 6.12. The monoisotopic (exact) mass is 236 g/mol. The van der Waals surface area contributed by atoms with Gasteiger partial charge in [0.15, 0.2) is 0 Å². The van der Waals surface area contributed by atoms with Gasteiger partial charge in [-0.3, -0.25) is 0 Å². The summed E-state index contributed by atoms with van der Waals surface area (Å²) in [6, 6.07) is 14.3. The van der Waals surface area contributed by atoms with E-state index in [4.69, 9.17) is 5.26 Å². The second kappa shape index (κ2) is 4.93. The van der Waals surface area contributed by atoms with Crippen LogP contribution in [0.1, 0.15) is 22.3 Å². The summed E-state index contributed by atoms with van der Waals surface area (Å²) in [5.74, 6) is 0. The summed E-state index contributed by atoms with van der Waals surface area (Å²) in [5, 5.41) is 12.3. The van der Waals surface area contributed by atoms with Gasteiger partial charge in [0.1, 0.15) is 0 Å². The molecule has 0 bridgehead atoms. The molecule has 0 heterocycles. The molecule has 0 aliphatic heterocycles. The number of benzene rings is 2. The zero-order valence-electron chi connectivity index (χ0n) is 10.9. The second-order valence-corrected chi connectivity index (χ2v) is 4.64. The fourth-order valence-electron chi connectivity index (χ4n) is 2.08. The molecule has 18 heavy (non-hydrogen) atoms. The fraction of sp³-hybridized carbons (Fsp3) is 0.188. The van der Waals surface area contributed by atoms with Gasteiger partial charge >= 0.3 is 0 Å². The highest BCUT2D eigenvalue weighted by molar-refractivity contribution is 5.63. The predicted octanol–water partition coefficient (Wildman–Crippen LogP) is 4.23. The highest BCUT2D eigenvalue weighted by atomic mass is 14.9. The Morgan fingerprint density at radius 3 is 2.11 bits per heavy atom. The standard InChI is InChI=1S/C16H16N2/c1-11-6-12(2)8-16(7-11)18-15-5-4-14(10-17)13(3)9-15/h4-9,18H,1-3H3. The molecule has 2 aromatic carbocycles. The summed E-state index contributed by atoms with van der Waals surface area (Å²) < 4.78 is 0. The average Bonchev–Trinajstić information content (AvgIpc) is 2.27. The van der Waals surface area contributed by atoms with Gasteiger partial charge in [0.25, 0.3) is 0 Å². The van der Waals surface area contributed by atoms with Crippen molar-refractivity contribution in [3.8, 4) is 6.07 Å². The number of nitrogens with zero attached hydrogens (tertiary/aromatic N) is 1. The van der Waals surface area contributed by atoms with Crippen molar-refractivity contribution in [3.63, 3.8) is 0 Å². The first-order chi connectivity index (χ1) is 8.58. The van der Waals surface area contributed by atoms with Crippen LogP contribution in [0.5, 0.6) is 0 Å². The molecule has 0 aliphatic carbocycles. The van der Waals surface area contributed by atoms with E-state index in [0.717, 1.165) is 22.5 Å². The molecule has 0 atom stereocenters. The number of anilines is 2. The van der Waals surface area contributed by atoms with Crippen LogP contribution in [0.25, 0.3) is 0 Å². The van der Waals surface area contributed by atoms with Gasteiger partial charge < -0.3 is 5.32 Å². The molecule has 0 fully saturated rings. The minimum Gasteiger partial charge on any atom is -0.356 e. The first kappa shape index (κ1) is 12.2. The van der Waals surface area contributed by atoms with Crippen LogP contribution in [-0.4, -0.2) is 0 Å². The third kappa shape index (κ3) is 2.70. The Bertz CT molecular complexity index is 601. The Labute approximate surface area is 108 Å². The molecule has 0 amide bonds. The van der Waals surface area contributed by atoms with Crippen LogP contribution in [0.2, 0.25) is 0 Å². The molecule has 2 nitrogen and oxygen atoms in total. The van der Waals surface area contributed by atoms with E-state index in [0.29, 0.717) is 0 Å². The number of nitriles is 1. The van der Waals surface area contributed by atoms with E-state index in [1.807, 2.05) is 25.1 Å². The molecule has 90 valence electrons. The molecule has 0 unspecified atom stereocenters. The van der Waals surface area contributed by atoms with Gasteiger partial charge in [-0.25, -0.2) is 0 Å². The van der Waals surface area contributed by atoms with Gasteiger partial charge in [-0.1, -0.05) is 6.07 Å². The van der Waals surface area contributed by atoms with Crippen LogP contribution in [0, 0.1) is 32.1 Å².